The van der Waals surface area contributed by atoms with E-state index < -0.39 is 11.8 Å². The molecule has 0 unspecified atom stereocenters. The van der Waals surface area contributed by atoms with Crippen molar-refractivity contribution >= 4 is 16.9 Å². The van der Waals surface area contributed by atoms with Gasteiger partial charge in [0.25, 0.3) is 0 Å². The van der Waals surface area contributed by atoms with E-state index in [1.165, 1.54) is 12.1 Å². The van der Waals surface area contributed by atoms with Crippen molar-refractivity contribution in [3.63, 3.8) is 0 Å². The number of carboxylic acids is 1. The van der Waals surface area contributed by atoms with Crippen LogP contribution in [0.4, 0.5) is 4.39 Å². The number of hydrogen-bond acceptors (Lipinski definition) is 3. The molecule has 0 bridgehead atoms. The molecule has 0 saturated heterocycles. The quantitative estimate of drug-likeness (QED) is 0.863. The van der Waals surface area contributed by atoms with Gasteiger partial charge in [-0.15, -0.1) is 0 Å². The van der Waals surface area contributed by atoms with Gasteiger partial charge in [0, 0.05) is 17.4 Å². The van der Waals surface area contributed by atoms with Gasteiger partial charge in [0.05, 0.1) is 11.2 Å². The number of nitrogens with zero attached hydrogens (tertiary/aromatic N) is 2. The summed E-state index contributed by atoms with van der Waals surface area (Å²) in [5, 5.41) is 9.67. The van der Waals surface area contributed by atoms with Crippen molar-refractivity contribution in [2.75, 3.05) is 0 Å². The number of hydrogen-bond donors (Lipinski definition) is 1. The van der Waals surface area contributed by atoms with E-state index in [-0.39, 0.29) is 5.82 Å². The van der Waals surface area contributed by atoms with E-state index in [1.54, 1.807) is 6.07 Å². The van der Waals surface area contributed by atoms with Gasteiger partial charge in [-0.25, -0.2) is 19.2 Å². The molecule has 0 atom stereocenters. The van der Waals surface area contributed by atoms with Crippen LogP contribution in [-0.2, 0) is 0 Å². The van der Waals surface area contributed by atoms with Gasteiger partial charge in [0.2, 0.25) is 5.82 Å². The minimum atomic E-state index is -1.18. The minimum Gasteiger partial charge on any atom is -0.475 e. The third kappa shape index (κ3) is 1.73. The first-order chi connectivity index (χ1) is 8.15. The maximum atomic E-state index is 13.1. The smallest absolute Gasteiger partial charge is 0.373 e. The first-order valence-corrected chi connectivity index (χ1v) is 5.35. The van der Waals surface area contributed by atoms with Crippen LogP contribution in [0.25, 0.3) is 10.9 Å². The summed E-state index contributed by atoms with van der Waals surface area (Å²) < 4.78 is 13.1. The fraction of sp³-hybridized carbons (Fsp3) is 0.250. The highest BCUT2D eigenvalue weighted by molar-refractivity contribution is 5.89. The first kappa shape index (κ1) is 10.1. The molecule has 5 heteroatoms. The largest absolute Gasteiger partial charge is 0.475 e. The van der Waals surface area contributed by atoms with E-state index in [0.717, 1.165) is 23.9 Å². The molecule has 4 nitrogen and oxygen atoms in total. The minimum absolute atomic E-state index is 0.259. The van der Waals surface area contributed by atoms with Crippen LogP contribution in [0.1, 0.15) is 35.1 Å². The molecular formula is C12H9FN2O2. The lowest BCUT2D eigenvalue weighted by Gasteiger charge is -2.05. The van der Waals surface area contributed by atoms with Gasteiger partial charge < -0.3 is 5.11 Å². The molecule has 1 heterocycles. The highest BCUT2D eigenvalue weighted by Gasteiger charge is 2.28. The molecule has 0 spiro atoms. The molecule has 1 fully saturated rings. The van der Waals surface area contributed by atoms with Gasteiger partial charge >= 0.3 is 5.97 Å². The fourth-order valence-electron chi connectivity index (χ4n) is 1.89. The first-order valence-electron chi connectivity index (χ1n) is 5.35. The number of rotatable bonds is 2. The van der Waals surface area contributed by atoms with E-state index in [0.29, 0.717) is 11.4 Å². The van der Waals surface area contributed by atoms with Crippen LogP contribution in [-0.4, -0.2) is 21.0 Å². The van der Waals surface area contributed by atoms with Crippen LogP contribution >= 0.6 is 0 Å². The Balaban J connectivity index is 2.31. The van der Waals surface area contributed by atoms with Crippen molar-refractivity contribution in [1.29, 1.82) is 0 Å². The molecule has 2 aromatic rings. The van der Waals surface area contributed by atoms with E-state index in [1.807, 2.05) is 0 Å². The highest BCUT2D eigenvalue weighted by atomic mass is 19.1. The highest BCUT2D eigenvalue weighted by Crippen LogP contribution is 2.41. The standard InChI is InChI=1S/C12H9FN2O2/c13-7-3-4-8-9(5-7)14-11(12(16)17)15-10(8)6-1-2-6/h3-6H,1-2H2,(H,16,17). The molecule has 0 radical (unpaired) electrons. The number of aromatic carboxylic acids is 1. The monoisotopic (exact) mass is 232 g/mol. The molecule has 1 aromatic heterocycles. The third-order valence-corrected chi connectivity index (χ3v) is 2.84. The maximum Gasteiger partial charge on any atom is 0.373 e. The summed E-state index contributed by atoms with van der Waals surface area (Å²) in [5.41, 5.74) is 1.09. The number of carboxylic acid groups (broad SMARTS) is 1. The topological polar surface area (TPSA) is 63.1 Å². The van der Waals surface area contributed by atoms with Gasteiger partial charge in [0.1, 0.15) is 5.82 Å². The molecule has 0 amide bonds. The summed E-state index contributed by atoms with van der Waals surface area (Å²) in [6.45, 7) is 0. The van der Waals surface area contributed by atoms with Gasteiger partial charge in [-0.05, 0) is 25.0 Å². The van der Waals surface area contributed by atoms with Crippen LogP contribution in [0.15, 0.2) is 18.2 Å². The van der Waals surface area contributed by atoms with Crippen molar-refractivity contribution in [3.8, 4) is 0 Å². The van der Waals surface area contributed by atoms with E-state index in [4.69, 9.17) is 5.11 Å². The van der Waals surface area contributed by atoms with Crippen molar-refractivity contribution in [2.24, 2.45) is 0 Å². The normalized spacial score (nSPS) is 15.1. The van der Waals surface area contributed by atoms with E-state index in [2.05, 4.69) is 9.97 Å². The second kappa shape index (κ2) is 3.48. The predicted molar refractivity (Wildman–Crippen MR) is 58.4 cm³/mol. The molecule has 1 aliphatic rings. The summed E-state index contributed by atoms with van der Waals surface area (Å²) in [6, 6.07) is 4.21. The predicted octanol–water partition coefficient (Wildman–Crippen LogP) is 2.34. The SMILES string of the molecule is O=C(O)c1nc(C2CC2)c2ccc(F)cc2n1. The maximum absolute atomic E-state index is 13.1. The van der Waals surface area contributed by atoms with Crippen molar-refractivity contribution < 1.29 is 14.3 Å². The fourth-order valence-corrected chi connectivity index (χ4v) is 1.89. The lowest BCUT2D eigenvalue weighted by molar-refractivity contribution is 0.0683. The van der Waals surface area contributed by atoms with Gasteiger partial charge in [-0.3, -0.25) is 0 Å². The Labute approximate surface area is 96.1 Å². The summed E-state index contributed by atoms with van der Waals surface area (Å²) >= 11 is 0. The molecule has 1 aliphatic carbocycles. The third-order valence-electron chi connectivity index (χ3n) is 2.84. The molecule has 0 aliphatic heterocycles. The lowest BCUT2D eigenvalue weighted by Crippen LogP contribution is -2.07. The molecule has 1 saturated carbocycles. The molecule has 1 N–H and O–H groups in total. The lowest BCUT2D eigenvalue weighted by atomic mass is 10.1. The van der Waals surface area contributed by atoms with Crippen LogP contribution < -0.4 is 0 Å². The zero-order chi connectivity index (χ0) is 12.0. The molecular weight excluding hydrogens is 223 g/mol. The summed E-state index contributed by atoms with van der Waals surface area (Å²) in [7, 11) is 0. The van der Waals surface area contributed by atoms with Gasteiger partial charge in [-0.2, -0.15) is 0 Å². The second-order valence-corrected chi connectivity index (χ2v) is 4.17. The summed E-state index contributed by atoms with van der Waals surface area (Å²) in [5.74, 6) is -1.57. The van der Waals surface area contributed by atoms with Crippen LogP contribution in [0.5, 0.6) is 0 Å². The number of halogens is 1. The number of aromatic nitrogens is 2. The summed E-state index contributed by atoms with van der Waals surface area (Å²) in [6.07, 6.45) is 2.01. The molecule has 17 heavy (non-hydrogen) atoms. The molecule has 86 valence electrons. The molecule has 1 aromatic carbocycles. The van der Waals surface area contributed by atoms with E-state index in [9.17, 15) is 9.18 Å². The number of fused-ring (bicyclic) bond motifs is 1. The number of carbonyl (C=O) groups is 1. The van der Waals surface area contributed by atoms with E-state index >= 15 is 0 Å². The average Bonchev–Trinajstić information content (AvgIpc) is 3.10. The second-order valence-electron chi connectivity index (χ2n) is 4.17. The van der Waals surface area contributed by atoms with Crippen molar-refractivity contribution in [2.45, 2.75) is 18.8 Å². The Morgan fingerprint density at radius 1 is 1.35 bits per heavy atom. The average molecular weight is 232 g/mol. The number of benzene rings is 1. The zero-order valence-corrected chi connectivity index (χ0v) is 8.85. The van der Waals surface area contributed by atoms with Gasteiger partial charge in [0.15, 0.2) is 0 Å². The Morgan fingerprint density at radius 3 is 2.76 bits per heavy atom. The van der Waals surface area contributed by atoms with Crippen LogP contribution in [0, 0.1) is 5.82 Å². The zero-order valence-electron chi connectivity index (χ0n) is 8.85. The van der Waals surface area contributed by atoms with Crippen molar-refractivity contribution in [1.82, 2.24) is 9.97 Å². The van der Waals surface area contributed by atoms with Crippen molar-refractivity contribution in [3.05, 3.63) is 35.5 Å². The Kier molecular flexibility index (Phi) is 2.07. The van der Waals surface area contributed by atoms with Crippen LogP contribution in [0.3, 0.4) is 0 Å². The van der Waals surface area contributed by atoms with Crippen LogP contribution in [0.2, 0.25) is 0 Å². The molecule has 3 rings (SSSR count). The Bertz CT molecular complexity index is 623. The Morgan fingerprint density at radius 2 is 2.12 bits per heavy atom. The van der Waals surface area contributed by atoms with Gasteiger partial charge in [-0.1, -0.05) is 0 Å². The Hall–Kier alpha value is -2.04. The summed E-state index contributed by atoms with van der Waals surface area (Å²) in [4.78, 5) is 18.8.